The third-order valence-electron chi connectivity index (χ3n) is 3.00. The molecule has 108 valence electrons. The molecule has 4 nitrogen and oxygen atoms in total. The van der Waals surface area contributed by atoms with Gasteiger partial charge in [0.05, 0.1) is 5.02 Å². The van der Waals surface area contributed by atoms with Crippen LogP contribution in [0.25, 0.3) is 0 Å². The summed E-state index contributed by atoms with van der Waals surface area (Å²) in [4.78, 5) is 5.41. The predicted octanol–water partition coefficient (Wildman–Crippen LogP) is 2.78. The standard InChI is InChI=1S/C14H19ClN4S/c1-3-16-11(8-14-17-10-18-19(14)2)9-20-13-7-5-4-6-12(13)15/h4-7,10-11,16H,3,8-9H2,1-2H3. The molecule has 1 aromatic heterocycles. The van der Waals surface area contributed by atoms with Crippen LogP contribution in [0, 0.1) is 0 Å². The Hall–Kier alpha value is -1.04. The van der Waals surface area contributed by atoms with E-state index in [1.54, 1.807) is 18.1 Å². The fourth-order valence-electron chi connectivity index (χ4n) is 1.96. The maximum Gasteiger partial charge on any atom is 0.138 e. The van der Waals surface area contributed by atoms with Crippen molar-refractivity contribution >= 4 is 23.4 Å². The van der Waals surface area contributed by atoms with E-state index in [9.17, 15) is 0 Å². The number of hydrogen-bond donors (Lipinski definition) is 1. The molecule has 0 fully saturated rings. The molecule has 0 saturated carbocycles. The molecule has 1 heterocycles. The molecule has 1 N–H and O–H groups in total. The molecule has 0 aliphatic rings. The lowest BCUT2D eigenvalue weighted by molar-refractivity contribution is 0.542. The molecule has 1 atom stereocenters. The van der Waals surface area contributed by atoms with Crippen LogP contribution in [0.2, 0.25) is 5.02 Å². The number of nitrogens with zero attached hydrogens (tertiary/aromatic N) is 3. The van der Waals surface area contributed by atoms with E-state index in [4.69, 9.17) is 11.6 Å². The van der Waals surface area contributed by atoms with Crippen molar-refractivity contribution in [3.8, 4) is 0 Å². The second kappa shape index (κ2) is 7.67. The summed E-state index contributed by atoms with van der Waals surface area (Å²) in [5.41, 5.74) is 0. The van der Waals surface area contributed by atoms with E-state index in [0.29, 0.717) is 6.04 Å². The van der Waals surface area contributed by atoms with Crippen molar-refractivity contribution in [2.24, 2.45) is 7.05 Å². The van der Waals surface area contributed by atoms with E-state index in [2.05, 4.69) is 28.4 Å². The molecular formula is C14H19ClN4S. The highest BCUT2D eigenvalue weighted by Gasteiger charge is 2.13. The number of benzene rings is 1. The van der Waals surface area contributed by atoms with Crippen LogP contribution in [0.5, 0.6) is 0 Å². The van der Waals surface area contributed by atoms with Crippen LogP contribution in [0.15, 0.2) is 35.5 Å². The molecule has 0 amide bonds. The fraction of sp³-hybridized carbons (Fsp3) is 0.429. The van der Waals surface area contributed by atoms with Crippen molar-refractivity contribution < 1.29 is 0 Å². The van der Waals surface area contributed by atoms with Crippen molar-refractivity contribution in [1.29, 1.82) is 0 Å². The number of nitrogens with one attached hydrogen (secondary N) is 1. The largest absolute Gasteiger partial charge is 0.313 e. The van der Waals surface area contributed by atoms with Gasteiger partial charge in [0.15, 0.2) is 0 Å². The van der Waals surface area contributed by atoms with Gasteiger partial charge >= 0.3 is 0 Å². The van der Waals surface area contributed by atoms with Crippen molar-refractivity contribution in [1.82, 2.24) is 20.1 Å². The smallest absolute Gasteiger partial charge is 0.138 e. The summed E-state index contributed by atoms with van der Waals surface area (Å²) in [6, 6.07) is 8.30. The molecule has 0 aliphatic carbocycles. The minimum Gasteiger partial charge on any atom is -0.313 e. The van der Waals surface area contributed by atoms with E-state index < -0.39 is 0 Å². The third-order valence-corrected chi connectivity index (χ3v) is 4.68. The maximum absolute atomic E-state index is 6.19. The van der Waals surface area contributed by atoms with Crippen LogP contribution in [0.1, 0.15) is 12.7 Å². The molecule has 2 aromatic rings. The molecule has 0 spiro atoms. The lowest BCUT2D eigenvalue weighted by atomic mass is 10.2. The topological polar surface area (TPSA) is 42.7 Å². The third kappa shape index (κ3) is 4.23. The lowest BCUT2D eigenvalue weighted by Gasteiger charge is -2.17. The van der Waals surface area contributed by atoms with Crippen LogP contribution in [0.3, 0.4) is 0 Å². The first kappa shape index (κ1) is 15.4. The summed E-state index contributed by atoms with van der Waals surface area (Å²) in [5.74, 6) is 1.94. The number of likely N-dealkylation sites (N-methyl/N-ethyl adjacent to an activating group) is 1. The van der Waals surface area contributed by atoms with Gasteiger partial charge in [-0.1, -0.05) is 30.7 Å². The number of aryl methyl sites for hydroxylation is 1. The quantitative estimate of drug-likeness (QED) is 0.799. The average molecular weight is 311 g/mol. The lowest BCUT2D eigenvalue weighted by Crippen LogP contribution is -2.34. The highest BCUT2D eigenvalue weighted by Crippen LogP contribution is 2.27. The average Bonchev–Trinajstić information content (AvgIpc) is 2.83. The van der Waals surface area contributed by atoms with Crippen molar-refractivity contribution in [3.05, 3.63) is 41.4 Å². The number of hydrogen-bond acceptors (Lipinski definition) is 4. The molecule has 2 rings (SSSR count). The first-order valence-electron chi connectivity index (χ1n) is 6.64. The van der Waals surface area contributed by atoms with Gasteiger partial charge in [-0.05, 0) is 18.7 Å². The van der Waals surface area contributed by atoms with Gasteiger partial charge in [-0.3, -0.25) is 4.68 Å². The van der Waals surface area contributed by atoms with Gasteiger partial charge in [-0.25, -0.2) is 4.98 Å². The summed E-state index contributed by atoms with van der Waals surface area (Å²) in [5, 5.41) is 8.42. The van der Waals surface area contributed by atoms with Crippen molar-refractivity contribution in [2.75, 3.05) is 12.3 Å². The van der Waals surface area contributed by atoms with Crippen LogP contribution >= 0.6 is 23.4 Å². The minimum absolute atomic E-state index is 0.351. The summed E-state index contributed by atoms with van der Waals surface area (Å²) < 4.78 is 1.82. The molecule has 0 aliphatic heterocycles. The Bertz CT molecular complexity index is 543. The molecule has 0 bridgehead atoms. The number of rotatable bonds is 7. The van der Waals surface area contributed by atoms with Gasteiger partial charge in [0, 0.05) is 30.2 Å². The van der Waals surface area contributed by atoms with E-state index in [-0.39, 0.29) is 0 Å². The number of thioether (sulfide) groups is 1. The number of aromatic nitrogens is 3. The Kier molecular flexibility index (Phi) is 5.88. The Balaban J connectivity index is 1.96. The van der Waals surface area contributed by atoms with Gasteiger partial charge in [0.1, 0.15) is 12.2 Å². The Morgan fingerprint density at radius 2 is 2.20 bits per heavy atom. The molecule has 20 heavy (non-hydrogen) atoms. The second-order valence-electron chi connectivity index (χ2n) is 4.50. The Morgan fingerprint density at radius 3 is 2.85 bits per heavy atom. The normalized spacial score (nSPS) is 12.6. The van der Waals surface area contributed by atoms with Crippen LogP contribution in [-0.2, 0) is 13.5 Å². The zero-order chi connectivity index (χ0) is 14.4. The first-order valence-corrected chi connectivity index (χ1v) is 8.00. The fourth-order valence-corrected chi connectivity index (χ4v) is 3.25. The van der Waals surface area contributed by atoms with Gasteiger partial charge in [0.2, 0.25) is 0 Å². The molecule has 0 radical (unpaired) electrons. The minimum atomic E-state index is 0.351. The van der Waals surface area contributed by atoms with E-state index in [1.165, 1.54) is 0 Å². The Morgan fingerprint density at radius 1 is 1.40 bits per heavy atom. The summed E-state index contributed by atoms with van der Waals surface area (Å²) >= 11 is 7.96. The van der Waals surface area contributed by atoms with E-state index >= 15 is 0 Å². The number of halogens is 1. The van der Waals surface area contributed by atoms with Crippen molar-refractivity contribution in [3.63, 3.8) is 0 Å². The monoisotopic (exact) mass is 310 g/mol. The summed E-state index contributed by atoms with van der Waals surface area (Å²) in [6.45, 7) is 3.05. The molecule has 1 unspecified atom stereocenters. The van der Waals surface area contributed by atoms with Gasteiger partial charge < -0.3 is 5.32 Å². The van der Waals surface area contributed by atoms with Gasteiger partial charge in [0.25, 0.3) is 0 Å². The van der Waals surface area contributed by atoms with Gasteiger partial charge in [-0.2, -0.15) is 5.10 Å². The second-order valence-corrected chi connectivity index (χ2v) is 5.97. The molecule has 1 aromatic carbocycles. The zero-order valence-electron chi connectivity index (χ0n) is 11.7. The highest BCUT2D eigenvalue weighted by atomic mass is 35.5. The summed E-state index contributed by atoms with van der Waals surface area (Å²) in [7, 11) is 1.92. The predicted molar refractivity (Wildman–Crippen MR) is 84.3 cm³/mol. The highest BCUT2D eigenvalue weighted by molar-refractivity contribution is 7.99. The SMILES string of the molecule is CCNC(CSc1ccccc1Cl)Cc1ncnn1C. The van der Waals surface area contributed by atoms with Crippen molar-refractivity contribution in [2.45, 2.75) is 24.3 Å². The van der Waals surface area contributed by atoms with E-state index in [1.807, 2.05) is 29.9 Å². The van der Waals surface area contributed by atoms with Crippen LogP contribution in [0.4, 0.5) is 0 Å². The van der Waals surface area contributed by atoms with Gasteiger partial charge in [-0.15, -0.1) is 11.8 Å². The molecular weight excluding hydrogens is 292 g/mol. The van der Waals surface area contributed by atoms with E-state index in [0.717, 1.165) is 34.5 Å². The summed E-state index contributed by atoms with van der Waals surface area (Å²) in [6.07, 6.45) is 2.46. The first-order chi connectivity index (χ1) is 9.70. The molecule has 0 saturated heterocycles. The molecule has 6 heteroatoms. The van der Waals surface area contributed by atoms with Crippen LogP contribution < -0.4 is 5.32 Å². The maximum atomic E-state index is 6.19. The zero-order valence-corrected chi connectivity index (χ0v) is 13.3. The Labute approximate surface area is 128 Å². The van der Waals surface area contributed by atoms with Crippen LogP contribution in [-0.4, -0.2) is 33.1 Å².